The fraction of sp³-hybridized carbons (Fsp3) is 0.958. The minimum atomic E-state index is -0.424. The van der Waals surface area contributed by atoms with Crippen molar-refractivity contribution in [2.75, 3.05) is 0 Å². The van der Waals surface area contributed by atoms with Crippen molar-refractivity contribution in [2.24, 2.45) is 11.3 Å². The van der Waals surface area contributed by atoms with Gasteiger partial charge in [0.25, 0.3) is 0 Å². The molecule has 0 saturated carbocycles. The topological polar surface area (TPSA) is 55.7 Å². The largest absolute Gasteiger partial charge is 0.341 e. The summed E-state index contributed by atoms with van der Waals surface area (Å²) in [6, 6.07) is 0. The third kappa shape index (κ3) is 18.4. The molecule has 0 aliphatic carbocycles. The SMILES string of the molecule is CCCCCCCCCCCCCCC(CCCCCCCC)C(=O)ON=O. The van der Waals surface area contributed by atoms with Gasteiger partial charge in [0, 0.05) is 0 Å². The molecule has 1 atom stereocenters. The molecular weight excluding hydrogens is 350 g/mol. The highest BCUT2D eigenvalue weighted by atomic mass is 16.7. The average Bonchev–Trinajstić information content (AvgIpc) is 2.69. The van der Waals surface area contributed by atoms with Crippen LogP contribution in [0.15, 0.2) is 5.34 Å². The number of hydrogen-bond acceptors (Lipinski definition) is 4. The van der Waals surface area contributed by atoms with Crippen molar-refractivity contribution in [3.05, 3.63) is 4.91 Å². The Morgan fingerprint density at radius 1 is 0.607 bits per heavy atom. The lowest BCUT2D eigenvalue weighted by molar-refractivity contribution is -0.149. The molecule has 0 radical (unpaired) electrons. The number of carbonyl (C=O) groups excluding carboxylic acids is 1. The van der Waals surface area contributed by atoms with Crippen LogP contribution in [0, 0.1) is 10.8 Å². The van der Waals surface area contributed by atoms with Crippen LogP contribution >= 0.6 is 0 Å². The molecule has 28 heavy (non-hydrogen) atoms. The van der Waals surface area contributed by atoms with Crippen LogP contribution in [0.2, 0.25) is 0 Å². The minimum Gasteiger partial charge on any atom is -0.284 e. The average molecular weight is 398 g/mol. The summed E-state index contributed by atoms with van der Waals surface area (Å²) in [4.78, 5) is 26.6. The quantitative estimate of drug-likeness (QED) is 0.104. The molecule has 0 rings (SSSR count). The summed E-state index contributed by atoms with van der Waals surface area (Å²) < 4.78 is 0. The van der Waals surface area contributed by atoms with Crippen LogP contribution in [-0.2, 0) is 9.63 Å². The Morgan fingerprint density at radius 2 is 0.929 bits per heavy atom. The Hall–Kier alpha value is -0.930. The van der Waals surface area contributed by atoms with Crippen molar-refractivity contribution in [3.63, 3.8) is 0 Å². The second kappa shape index (κ2) is 22.4. The summed E-state index contributed by atoms with van der Waals surface area (Å²) >= 11 is 0. The van der Waals surface area contributed by atoms with Crippen LogP contribution in [0.25, 0.3) is 0 Å². The maximum Gasteiger partial charge on any atom is 0.341 e. The van der Waals surface area contributed by atoms with E-state index >= 15 is 0 Å². The van der Waals surface area contributed by atoms with E-state index in [9.17, 15) is 9.70 Å². The monoisotopic (exact) mass is 397 g/mol. The zero-order chi connectivity index (χ0) is 20.7. The molecule has 0 spiro atoms. The van der Waals surface area contributed by atoms with E-state index in [0.29, 0.717) is 0 Å². The van der Waals surface area contributed by atoms with Crippen LogP contribution in [0.4, 0.5) is 0 Å². The van der Waals surface area contributed by atoms with Gasteiger partial charge in [-0.1, -0.05) is 129 Å². The van der Waals surface area contributed by atoms with Gasteiger partial charge < -0.3 is 0 Å². The lowest BCUT2D eigenvalue weighted by Gasteiger charge is -2.13. The maximum absolute atomic E-state index is 11.9. The predicted molar refractivity (Wildman–Crippen MR) is 119 cm³/mol. The molecule has 166 valence electrons. The summed E-state index contributed by atoms with van der Waals surface area (Å²) in [6.45, 7) is 4.48. The Labute approximate surface area is 174 Å². The van der Waals surface area contributed by atoms with Gasteiger partial charge in [-0.3, -0.25) is 4.84 Å². The number of rotatable bonds is 22. The third-order valence-electron chi connectivity index (χ3n) is 5.77. The van der Waals surface area contributed by atoms with E-state index in [1.54, 1.807) is 0 Å². The summed E-state index contributed by atoms with van der Waals surface area (Å²) in [5.41, 5.74) is 0. The van der Waals surface area contributed by atoms with E-state index in [2.05, 4.69) is 24.0 Å². The molecule has 0 fully saturated rings. The van der Waals surface area contributed by atoms with Crippen molar-refractivity contribution in [2.45, 2.75) is 142 Å². The van der Waals surface area contributed by atoms with E-state index in [1.807, 2.05) is 0 Å². The van der Waals surface area contributed by atoms with Crippen molar-refractivity contribution in [3.8, 4) is 0 Å². The Morgan fingerprint density at radius 3 is 1.25 bits per heavy atom. The minimum absolute atomic E-state index is 0.146. The molecule has 4 nitrogen and oxygen atoms in total. The molecule has 0 amide bonds. The van der Waals surface area contributed by atoms with Gasteiger partial charge in [0.1, 0.15) is 0 Å². The van der Waals surface area contributed by atoms with Crippen LogP contribution in [0.3, 0.4) is 0 Å². The van der Waals surface area contributed by atoms with E-state index in [4.69, 9.17) is 0 Å². The van der Waals surface area contributed by atoms with Gasteiger partial charge >= 0.3 is 5.97 Å². The van der Waals surface area contributed by atoms with E-state index in [1.165, 1.54) is 96.3 Å². The summed E-state index contributed by atoms with van der Waals surface area (Å²) in [5.74, 6) is -0.571. The first kappa shape index (κ1) is 27.1. The zero-order valence-electron chi connectivity index (χ0n) is 18.9. The van der Waals surface area contributed by atoms with Gasteiger partial charge in [-0.2, -0.15) is 0 Å². The van der Waals surface area contributed by atoms with Gasteiger partial charge in [-0.15, -0.1) is 4.91 Å². The molecular formula is C24H47NO3. The van der Waals surface area contributed by atoms with E-state index < -0.39 is 5.97 Å². The lowest BCUT2D eigenvalue weighted by atomic mass is 9.94. The van der Waals surface area contributed by atoms with Gasteiger partial charge in [0.05, 0.1) is 5.92 Å². The fourth-order valence-corrected chi connectivity index (χ4v) is 3.89. The summed E-state index contributed by atoms with van der Waals surface area (Å²) in [6.07, 6.45) is 24.7. The third-order valence-corrected chi connectivity index (χ3v) is 5.77. The molecule has 0 aromatic rings. The molecule has 0 saturated heterocycles. The number of nitrogens with zero attached hydrogens (tertiary/aromatic N) is 1. The van der Waals surface area contributed by atoms with Crippen LogP contribution < -0.4 is 0 Å². The number of unbranched alkanes of at least 4 members (excludes halogenated alkanes) is 16. The van der Waals surface area contributed by atoms with Crippen LogP contribution in [-0.4, -0.2) is 5.97 Å². The number of carbonyl (C=O) groups is 1. The van der Waals surface area contributed by atoms with Gasteiger partial charge in [-0.25, -0.2) is 4.79 Å². The molecule has 0 bridgehead atoms. The van der Waals surface area contributed by atoms with Crippen LogP contribution in [0.1, 0.15) is 142 Å². The molecule has 0 aliphatic heterocycles. The molecule has 0 aromatic heterocycles. The zero-order valence-corrected chi connectivity index (χ0v) is 18.9. The highest BCUT2D eigenvalue weighted by Crippen LogP contribution is 2.21. The smallest absolute Gasteiger partial charge is 0.284 e. The number of hydrogen-bond donors (Lipinski definition) is 0. The fourth-order valence-electron chi connectivity index (χ4n) is 3.89. The predicted octanol–water partition coefficient (Wildman–Crippen LogP) is 8.67. The van der Waals surface area contributed by atoms with Gasteiger partial charge in [0.15, 0.2) is 5.34 Å². The first-order valence-corrected chi connectivity index (χ1v) is 12.3. The van der Waals surface area contributed by atoms with E-state index in [-0.39, 0.29) is 5.92 Å². The second-order valence-corrected chi connectivity index (χ2v) is 8.42. The van der Waals surface area contributed by atoms with E-state index in [0.717, 1.165) is 32.1 Å². The standard InChI is InChI=1S/C24H47NO3/c1-3-5-7-9-11-12-13-14-15-16-18-20-22-23(24(26)28-25-27)21-19-17-10-8-6-4-2/h23H,3-22H2,1-2H3. The summed E-state index contributed by atoms with van der Waals surface area (Å²) in [5, 5.41) is 2.34. The first-order valence-electron chi connectivity index (χ1n) is 12.3. The maximum atomic E-state index is 11.9. The molecule has 4 heteroatoms. The summed E-state index contributed by atoms with van der Waals surface area (Å²) in [7, 11) is 0. The Bertz CT molecular complexity index is 347. The van der Waals surface area contributed by atoms with Crippen molar-refractivity contribution >= 4 is 5.97 Å². The Kier molecular flexibility index (Phi) is 21.6. The molecule has 0 aromatic carbocycles. The highest BCUT2D eigenvalue weighted by Gasteiger charge is 2.20. The lowest BCUT2D eigenvalue weighted by Crippen LogP contribution is -2.15. The molecule has 1 unspecified atom stereocenters. The van der Waals surface area contributed by atoms with Crippen molar-refractivity contribution < 1.29 is 9.63 Å². The first-order chi connectivity index (χ1) is 13.8. The van der Waals surface area contributed by atoms with Crippen molar-refractivity contribution in [1.29, 1.82) is 0 Å². The Balaban J connectivity index is 3.67. The molecule has 0 heterocycles. The van der Waals surface area contributed by atoms with Crippen molar-refractivity contribution in [1.82, 2.24) is 0 Å². The molecule has 0 N–H and O–H groups in total. The van der Waals surface area contributed by atoms with Gasteiger partial charge in [0.2, 0.25) is 0 Å². The highest BCUT2D eigenvalue weighted by molar-refractivity contribution is 5.72. The van der Waals surface area contributed by atoms with Crippen LogP contribution in [0.5, 0.6) is 0 Å². The molecule has 0 aliphatic rings. The normalized spacial score (nSPS) is 12.1. The second-order valence-electron chi connectivity index (χ2n) is 8.42. The van der Waals surface area contributed by atoms with Gasteiger partial charge in [-0.05, 0) is 12.8 Å².